The highest BCUT2D eigenvalue weighted by Crippen LogP contribution is 2.28. The zero-order valence-electron chi connectivity index (χ0n) is 15.1. The Morgan fingerprint density at radius 1 is 1.11 bits per heavy atom. The number of aromatic nitrogens is 2. The first-order valence-electron chi connectivity index (χ1n) is 8.97. The third-order valence-corrected chi connectivity index (χ3v) is 5.42. The summed E-state index contributed by atoms with van der Waals surface area (Å²) in [6, 6.07) is 14.9. The summed E-state index contributed by atoms with van der Waals surface area (Å²) in [5.74, 6) is -0.288. The fourth-order valence-corrected chi connectivity index (χ4v) is 3.98. The molecule has 28 heavy (non-hydrogen) atoms. The Balaban J connectivity index is 1.36. The Bertz CT molecular complexity index is 975. The molecule has 4 rings (SSSR count). The molecule has 0 unspecified atom stereocenters. The average Bonchev–Trinajstić information content (AvgIpc) is 3.14. The van der Waals surface area contributed by atoms with Gasteiger partial charge < -0.3 is 10.2 Å². The second-order valence-corrected chi connectivity index (χ2v) is 7.46. The van der Waals surface area contributed by atoms with Gasteiger partial charge in [0.25, 0.3) is 5.91 Å². The van der Waals surface area contributed by atoms with E-state index in [4.69, 9.17) is 0 Å². The van der Waals surface area contributed by atoms with Crippen molar-refractivity contribution in [2.24, 2.45) is 0 Å². The molecule has 2 N–H and O–H groups in total. The van der Waals surface area contributed by atoms with Crippen molar-refractivity contribution in [3.8, 4) is 0 Å². The number of benzene rings is 1. The molecule has 1 aliphatic heterocycles. The van der Waals surface area contributed by atoms with E-state index in [0.29, 0.717) is 36.9 Å². The van der Waals surface area contributed by atoms with Crippen LogP contribution in [0.25, 0.3) is 0 Å². The second-order valence-electron chi connectivity index (χ2n) is 6.37. The number of hydrogen-bond acceptors (Lipinski definition) is 5. The number of carbonyl (C=O) groups excluding carboxylic acids is 2. The standard InChI is InChI=1S/C20H19N5O2S/c26-18(16-8-4-5-10-21-16)24-19-23-15-9-11-25(13-17(15)28-19)20(27)22-12-14-6-2-1-3-7-14/h1-8,10H,9,11-13H2,(H,22,27)(H,23,24,26). The highest BCUT2D eigenvalue weighted by molar-refractivity contribution is 7.15. The predicted octanol–water partition coefficient (Wildman–Crippen LogP) is 3.06. The van der Waals surface area contributed by atoms with Gasteiger partial charge in [0.15, 0.2) is 5.13 Å². The van der Waals surface area contributed by atoms with E-state index in [2.05, 4.69) is 20.6 Å². The van der Waals surface area contributed by atoms with E-state index in [0.717, 1.165) is 16.1 Å². The van der Waals surface area contributed by atoms with Crippen LogP contribution in [-0.2, 0) is 19.5 Å². The zero-order chi connectivity index (χ0) is 19.3. The highest BCUT2D eigenvalue weighted by atomic mass is 32.1. The normalized spacial score (nSPS) is 12.9. The molecule has 3 amide bonds. The number of hydrogen-bond donors (Lipinski definition) is 2. The van der Waals surface area contributed by atoms with Gasteiger partial charge in [0.2, 0.25) is 0 Å². The third-order valence-electron chi connectivity index (χ3n) is 4.42. The van der Waals surface area contributed by atoms with Crippen LogP contribution in [0.4, 0.5) is 9.93 Å². The molecule has 1 aliphatic rings. The van der Waals surface area contributed by atoms with Crippen LogP contribution in [0.5, 0.6) is 0 Å². The number of nitrogens with zero attached hydrogens (tertiary/aromatic N) is 3. The lowest BCUT2D eigenvalue weighted by molar-refractivity contribution is 0.102. The van der Waals surface area contributed by atoms with Gasteiger partial charge in [-0.2, -0.15) is 0 Å². The minimum Gasteiger partial charge on any atom is -0.334 e. The zero-order valence-corrected chi connectivity index (χ0v) is 15.9. The number of rotatable bonds is 4. The molecule has 142 valence electrons. The minimum atomic E-state index is -0.288. The van der Waals surface area contributed by atoms with Gasteiger partial charge in [-0.05, 0) is 17.7 Å². The van der Waals surface area contributed by atoms with Crippen LogP contribution in [0.1, 0.15) is 26.6 Å². The minimum absolute atomic E-state index is 0.0954. The molecule has 0 bridgehead atoms. The van der Waals surface area contributed by atoms with Gasteiger partial charge in [-0.25, -0.2) is 9.78 Å². The van der Waals surface area contributed by atoms with Crippen molar-refractivity contribution in [1.82, 2.24) is 20.2 Å². The average molecular weight is 393 g/mol. The van der Waals surface area contributed by atoms with Crippen LogP contribution in [0.3, 0.4) is 0 Å². The number of fused-ring (bicyclic) bond motifs is 1. The molecule has 0 saturated carbocycles. The molecular formula is C20H19N5O2S. The van der Waals surface area contributed by atoms with Gasteiger partial charge in [-0.15, -0.1) is 0 Å². The van der Waals surface area contributed by atoms with Crippen LogP contribution in [0, 0.1) is 0 Å². The summed E-state index contributed by atoms with van der Waals surface area (Å²) in [5.41, 5.74) is 2.34. The molecule has 0 saturated heterocycles. The molecule has 7 nitrogen and oxygen atoms in total. The first-order valence-corrected chi connectivity index (χ1v) is 9.78. The van der Waals surface area contributed by atoms with Gasteiger partial charge in [0.1, 0.15) is 5.69 Å². The Hall–Kier alpha value is -3.26. The van der Waals surface area contributed by atoms with E-state index in [1.54, 1.807) is 29.3 Å². The lowest BCUT2D eigenvalue weighted by atomic mass is 10.2. The molecule has 1 aromatic carbocycles. The second kappa shape index (κ2) is 8.18. The van der Waals surface area contributed by atoms with E-state index in [-0.39, 0.29) is 11.9 Å². The van der Waals surface area contributed by atoms with Crippen LogP contribution in [0.2, 0.25) is 0 Å². The summed E-state index contributed by atoms with van der Waals surface area (Å²) < 4.78 is 0. The fraction of sp³-hybridized carbons (Fsp3) is 0.200. The van der Waals surface area contributed by atoms with Crippen molar-refractivity contribution in [2.75, 3.05) is 11.9 Å². The van der Waals surface area contributed by atoms with Gasteiger partial charge in [-0.3, -0.25) is 15.1 Å². The van der Waals surface area contributed by atoms with Gasteiger partial charge in [-0.1, -0.05) is 47.7 Å². The molecule has 0 atom stereocenters. The maximum atomic E-state index is 12.5. The van der Waals surface area contributed by atoms with Gasteiger partial charge in [0.05, 0.1) is 12.2 Å². The van der Waals surface area contributed by atoms with Crippen molar-refractivity contribution in [2.45, 2.75) is 19.5 Å². The van der Waals surface area contributed by atoms with Crippen molar-refractivity contribution in [3.05, 3.63) is 76.6 Å². The van der Waals surface area contributed by atoms with Crippen molar-refractivity contribution < 1.29 is 9.59 Å². The Kier molecular flexibility index (Phi) is 5.29. The summed E-state index contributed by atoms with van der Waals surface area (Å²) in [4.78, 5) is 36.0. The number of nitrogens with one attached hydrogen (secondary N) is 2. The van der Waals surface area contributed by atoms with E-state index in [1.165, 1.54) is 11.3 Å². The van der Waals surface area contributed by atoms with Crippen molar-refractivity contribution >= 4 is 28.4 Å². The smallest absolute Gasteiger partial charge is 0.318 e. The summed E-state index contributed by atoms with van der Waals surface area (Å²) in [7, 11) is 0. The highest BCUT2D eigenvalue weighted by Gasteiger charge is 2.24. The summed E-state index contributed by atoms with van der Waals surface area (Å²) in [5, 5.41) is 6.28. The van der Waals surface area contributed by atoms with Gasteiger partial charge in [0, 0.05) is 30.6 Å². The molecule has 3 aromatic rings. The van der Waals surface area contributed by atoms with E-state index >= 15 is 0 Å². The molecule has 3 heterocycles. The van der Waals surface area contributed by atoms with E-state index in [1.807, 2.05) is 30.3 Å². The number of amides is 3. The van der Waals surface area contributed by atoms with Crippen LogP contribution < -0.4 is 10.6 Å². The lowest BCUT2D eigenvalue weighted by Crippen LogP contribution is -2.42. The number of thiazole rings is 1. The van der Waals surface area contributed by atoms with Crippen molar-refractivity contribution in [3.63, 3.8) is 0 Å². The number of urea groups is 1. The van der Waals surface area contributed by atoms with Crippen molar-refractivity contribution in [1.29, 1.82) is 0 Å². The molecule has 0 radical (unpaired) electrons. The van der Waals surface area contributed by atoms with Crippen LogP contribution in [0.15, 0.2) is 54.7 Å². The largest absolute Gasteiger partial charge is 0.334 e. The summed E-state index contributed by atoms with van der Waals surface area (Å²) >= 11 is 1.40. The molecule has 0 fully saturated rings. The Morgan fingerprint density at radius 2 is 1.93 bits per heavy atom. The monoisotopic (exact) mass is 393 g/mol. The Labute approximate surface area is 166 Å². The molecule has 0 spiro atoms. The summed E-state index contributed by atoms with van der Waals surface area (Å²) in [6.45, 7) is 1.59. The van der Waals surface area contributed by atoms with E-state index < -0.39 is 0 Å². The van der Waals surface area contributed by atoms with Crippen LogP contribution >= 0.6 is 11.3 Å². The Morgan fingerprint density at radius 3 is 2.71 bits per heavy atom. The number of carbonyl (C=O) groups is 2. The van der Waals surface area contributed by atoms with E-state index in [9.17, 15) is 9.59 Å². The quantitative estimate of drug-likeness (QED) is 0.713. The van der Waals surface area contributed by atoms with Crippen LogP contribution in [-0.4, -0.2) is 33.4 Å². The molecule has 8 heteroatoms. The number of anilines is 1. The number of pyridine rings is 1. The maximum Gasteiger partial charge on any atom is 0.318 e. The lowest BCUT2D eigenvalue weighted by Gasteiger charge is -2.26. The first-order chi connectivity index (χ1) is 13.7. The maximum absolute atomic E-state index is 12.5. The summed E-state index contributed by atoms with van der Waals surface area (Å²) in [6.07, 6.45) is 2.25. The topological polar surface area (TPSA) is 87.2 Å². The molecule has 2 aromatic heterocycles. The molecular weight excluding hydrogens is 374 g/mol. The fourth-order valence-electron chi connectivity index (χ4n) is 2.97. The third kappa shape index (κ3) is 4.17. The first kappa shape index (κ1) is 18.1. The van der Waals surface area contributed by atoms with Gasteiger partial charge >= 0.3 is 6.03 Å². The predicted molar refractivity (Wildman–Crippen MR) is 107 cm³/mol. The SMILES string of the molecule is O=C(Nc1nc2c(s1)CN(C(=O)NCc1ccccc1)CC2)c1ccccn1. The molecule has 0 aliphatic carbocycles.